The zero-order valence-corrected chi connectivity index (χ0v) is 11.7. The SMILES string of the molecule is O=C(c1ccno1)N1CCCC[C@H](c2ccc(F)cc2)C1. The maximum absolute atomic E-state index is 13.0. The Bertz CT molecular complexity index is 595. The third-order valence-corrected chi connectivity index (χ3v) is 3.95. The number of nitrogens with zero attached hydrogens (tertiary/aromatic N) is 2. The summed E-state index contributed by atoms with van der Waals surface area (Å²) in [4.78, 5) is 14.2. The molecule has 1 amide bonds. The molecular formula is C16H17FN2O2. The first kappa shape index (κ1) is 13.8. The smallest absolute Gasteiger partial charge is 0.292 e. The molecule has 1 aliphatic rings. The van der Waals surface area contributed by atoms with Crippen LogP contribution in [0.15, 0.2) is 41.1 Å². The molecule has 1 saturated heterocycles. The minimum absolute atomic E-state index is 0.124. The van der Waals surface area contributed by atoms with Crippen LogP contribution < -0.4 is 0 Å². The highest BCUT2D eigenvalue weighted by atomic mass is 19.1. The average Bonchev–Trinajstić information content (AvgIpc) is 2.92. The van der Waals surface area contributed by atoms with Crippen LogP contribution in [-0.4, -0.2) is 29.1 Å². The maximum Gasteiger partial charge on any atom is 0.292 e. The Balaban J connectivity index is 1.77. The lowest BCUT2D eigenvalue weighted by atomic mass is 9.94. The predicted octanol–water partition coefficient (Wildman–Crippen LogP) is 3.22. The highest BCUT2D eigenvalue weighted by Gasteiger charge is 2.25. The van der Waals surface area contributed by atoms with Crippen LogP contribution in [-0.2, 0) is 0 Å². The van der Waals surface area contributed by atoms with E-state index in [4.69, 9.17) is 4.52 Å². The van der Waals surface area contributed by atoms with Crippen molar-refractivity contribution in [1.29, 1.82) is 0 Å². The predicted molar refractivity (Wildman–Crippen MR) is 75.4 cm³/mol. The molecule has 110 valence electrons. The van der Waals surface area contributed by atoms with Crippen molar-refractivity contribution < 1.29 is 13.7 Å². The van der Waals surface area contributed by atoms with Gasteiger partial charge in [-0.05, 0) is 30.5 Å². The van der Waals surface area contributed by atoms with Crippen LogP contribution in [0.3, 0.4) is 0 Å². The van der Waals surface area contributed by atoms with Crippen LogP contribution in [0.25, 0.3) is 0 Å². The van der Waals surface area contributed by atoms with E-state index in [1.165, 1.54) is 18.3 Å². The number of hydrogen-bond donors (Lipinski definition) is 0. The summed E-state index contributed by atoms with van der Waals surface area (Å²) in [6.45, 7) is 1.35. The Hall–Kier alpha value is -2.17. The second kappa shape index (κ2) is 6.08. The average molecular weight is 288 g/mol. The molecule has 2 heterocycles. The van der Waals surface area contributed by atoms with E-state index in [1.807, 2.05) is 17.0 Å². The zero-order chi connectivity index (χ0) is 14.7. The zero-order valence-electron chi connectivity index (χ0n) is 11.7. The third-order valence-electron chi connectivity index (χ3n) is 3.95. The molecule has 3 rings (SSSR count). The van der Waals surface area contributed by atoms with Gasteiger partial charge >= 0.3 is 0 Å². The van der Waals surface area contributed by atoms with Gasteiger partial charge in [-0.1, -0.05) is 23.7 Å². The second-order valence-corrected chi connectivity index (χ2v) is 5.37. The van der Waals surface area contributed by atoms with E-state index in [1.54, 1.807) is 6.07 Å². The number of benzene rings is 1. The van der Waals surface area contributed by atoms with Crippen LogP contribution in [0, 0.1) is 5.82 Å². The molecule has 0 saturated carbocycles. The third kappa shape index (κ3) is 3.12. The summed E-state index contributed by atoms with van der Waals surface area (Å²) in [5.74, 6) is 0.151. The number of aromatic nitrogens is 1. The Morgan fingerprint density at radius 2 is 2.05 bits per heavy atom. The van der Waals surface area contributed by atoms with Gasteiger partial charge in [-0.3, -0.25) is 4.79 Å². The van der Waals surface area contributed by atoms with Crippen LogP contribution in [0.2, 0.25) is 0 Å². The monoisotopic (exact) mass is 288 g/mol. The summed E-state index contributed by atoms with van der Waals surface area (Å²) in [6, 6.07) is 8.15. The van der Waals surface area contributed by atoms with Crippen molar-refractivity contribution in [2.24, 2.45) is 0 Å². The van der Waals surface area contributed by atoms with E-state index in [2.05, 4.69) is 5.16 Å². The first-order valence-electron chi connectivity index (χ1n) is 7.19. The van der Waals surface area contributed by atoms with Crippen LogP contribution in [0.5, 0.6) is 0 Å². The summed E-state index contributed by atoms with van der Waals surface area (Å²) in [7, 11) is 0. The van der Waals surface area contributed by atoms with Crippen molar-refractivity contribution in [3.8, 4) is 0 Å². The molecule has 2 aromatic rings. The van der Waals surface area contributed by atoms with Crippen molar-refractivity contribution >= 4 is 5.91 Å². The van der Waals surface area contributed by atoms with Gasteiger partial charge in [-0.2, -0.15) is 0 Å². The summed E-state index contributed by atoms with van der Waals surface area (Å²) < 4.78 is 18.0. The Morgan fingerprint density at radius 3 is 2.76 bits per heavy atom. The quantitative estimate of drug-likeness (QED) is 0.852. The molecule has 1 aliphatic heterocycles. The van der Waals surface area contributed by atoms with Crippen molar-refractivity contribution in [2.75, 3.05) is 13.1 Å². The molecule has 1 atom stereocenters. The highest BCUT2D eigenvalue weighted by Crippen LogP contribution is 2.27. The molecule has 4 nitrogen and oxygen atoms in total. The number of halogens is 1. The lowest BCUT2D eigenvalue weighted by molar-refractivity contribution is 0.0712. The number of carbonyl (C=O) groups excluding carboxylic acids is 1. The number of carbonyl (C=O) groups is 1. The van der Waals surface area contributed by atoms with Crippen LogP contribution in [0.4, 0.5) is 4.39 Å². The summed E-state index contributed by atoms with van der Waals surface area (Å²) >= 11 is 0. The topological polar surface area (TPSA) is 46.3 Å². The van der Waals surface area contributed by atoms with Gasteiger partial charge < -0.3 is 9.42 Å². The lowest BCUT2D eigenvalue weighted by Crippen LogP contribution is -2.33. The molecule has 1 fully saturated rings. The van der Waals surface area contributed by atoms with Gasteiger partial charge in [-0.15, -0.1) is 0 Å². The van der Waals surface area contributed by atoms with Crippen molar-refractivity contribution in [3.63, 3.8) is 0 Å². The number of rotatable bonds is 2. The van der Waals surface area contributed by atoms with Gasteiger partial charge in [0.05, 0.1) is 6.20 Å². The number of amides is 1. The van der Waals surface area contributed by atoms with E-state index in [0.717, 1.165) is 31.4 Å². The maximum atomic E-state index is 13.0. The molecule has 0 aliphatic carbocycles. The van der Waals surface area contributed by atoms with Gasteiger partial charge in [0.15, 0.2) is 0 Å². The van der Waals surface area contributed by atoms with E-state index >= 15 is 0 Å². The van der Waals surface area contributed by atoms with E-state index in [-0.39, 0.29) is 23.4 Å². The van der Waals surface area contributed by atoms with Gasteiger partial charge in [0, 0.05) is 25.1 Å². The van der Waals surface area contributed by atoms with Crippen molar-refractivity contribution in [1.82, 2.24) is 10.1 Å². The lowest BCUT2D eigenvalue weighted by Gasteiger charge is -2.23. The van der Waals surface area contributed by atoms with Crippen LogP contribution >= 0.6 is 0 Å². The Morgan fingerprint density at radius 1 is 1.24 bits per heavy atom. The molecule has 5 heteroatoms. The highest BCUT2D eigenvalue weighted by molar-refractivity contribution is 5.91. The normalized spacial score (nSPS) is 19.3. The van der Waals surface area contributed by atoms with Crippen molar-refractivity contribution in [3.05, 3.63) is 53.7 Å². The summed E-state index contributed by atoms with van der Waals surface area (Å²) in [5.41, 5.74) is 1.08. The molecule has 0 unspecified atom stereocenters. The fraction of sp³-hybridized carbons (Fsp3) is 0.375. The number of likely N-dealkylation sites (tertiary alicyclic amines) is 1. The van der Waals surface area contributed by atoms with Gasteiger partial charge in [-0.25, -0.2) is 4.39 Å². The summed E-state index contributed by atoms with van der Waals surface area (Å²) in [5, 5.41) is 3.58. The molecule has 0 spiro atoms. The van der Waals surface area contributed by atoms with Gasteiger partial charge in [0.2, 0.25) is 5.76 Å². The minimum atomic E-state index is -0.234. The fourth-order valence-corrected chi connectivity index (χ4v) is 2.82. The molecule has 1 aromatic carbocycles. The van der Waals surface area contributed by atoms with Crippen molar-refractivity contribution in [2.45, 2.75) is 25.2 Å². The minimum Gasteiger partial charge on any atom is -0.351 e. The standard InChI is InChI=1S/C16H17FN2O2/c17-14-6-4-12(5-7-14)13-3-1-2-10-19(11-13)16(20)15-8-9-18-21-15/h4-9,13H,1-3,10-11H2/t13-/m0/s1. The summed E-state index contributed by atoms with van der Waals surface area (Å²) in [6.07, 6.45) is 4.51. The molecular weight excluding hydrogens is 271 g/mol. The second-order valence-electron chi connectivity index (χ2n) is 5.37. The van der Waals surface area contributed by atoms with E-state index in [9.17, 15) is 9.18 Å². The van der Waals surface area contributed by atoms with Gasteiger partial charge in [0.25, 0.3) is 5.91 Å². The molecule has 0 N–H and O–H groups in total. The first-order chi connectivity index (χ1) is 10.2. The van der Waals surface area contributed by atoms with Gasteiger partial charge in [0.1, 0.15) is 5.82 Å². The molecule has 21 heavy (non-hydrogen) atoms. The molecule has 0 bridgehead atoms. The first-order valence-corrected chi connectivity index (χ1v) is 7.19. The van der Waals surface area contributed by atoms with E-state index < -0.39 is 0 Å². The fourth-order valence-electron chi connectivity index (χ4n) is 2.82. The Labute approximate surface area is 122 Å². The largest absolute Gasteiger partial charge is 0.351 e. The molecule has 0 radical (unpaired) electrons. The Kier molecular flexibility index (Phi) is 3.99. The number of hydrogen-bond acceptors (Lipinski definition) is 3. The molecule has 1 aromatic heterocycles. The van der Waals surface area contributed by atoms with Crippen LogP contribution in [0.1, 0.15) is 41.3 Å². The van der Waals surface area contributed by atoms with E-state index in [0.29, 0.717) is 6.54 Å².